The van der Waals surface area contributed by atoms with Gasteiger partial charge in [-0.05, 0) is 44.6 Å². The van der Waals surface area contributed by atoms with E-state index in [1.807, 2.05) is 0 Å². The standard InChI is InChI=1S/C12H23NO2/c1-3-8-13-12(9-11(14)15)6-4-10(2)5-7-12/h10,13H,3-9H2,1-2H3,(H,14,15). The van der Waals surface area contributed by atoms with Crippen molar-refractivity contribution in [3.63, 3.8) is 0 Å². The summed E-state index contributed by atoms with van der Waals surface area (Å²) in [4.78, 5) is 10.9. The molecule has 0 aromatic rings. The fraction of sp³-hybridized carbons (Fsp3) is 0.917. The average molecular weight is 213 g/mol. The molecule has 1 rings (SSSR count). The van der Waals surface area contributed by atoms with Crippen molar-refractivity contribution in [2.45, 2.75) is 57.9 Å². The summed E-state index contributed by atoms with van der Waals surface area (Å²) < 4.78 is 0. The van der Waals surface area contributed by atoms with Crippen LogP contribution in [0.15, 0.2) is 0 Å². The van der Waals surface area contributed by atoms with Crippen molar-refractivity contribution in [2.75, 3.05) is 6.54 Å². The van der Waals surface area contributed by atoms with Crippen LogP contribution in [-0.4, -0.2) is 23.2 Å². The first-order valence-electron chi connectivity index (χ1n) is 6.05. The SMILES string of the molecule is CCCNC1(CC(=O)O)CCC(C)CC1. The van der Waals surface area contributed by atoms with Gasteiger partial charge in [-0.1, -0.05) is 13.8 Å². The molecule has 0 unspecified atom stereocenters. The molecule has 1 saturated carbocycles. The minimum atomic E-state index is -0.673. The molecule has 1 fully saturated rings. The van der Waals surface area contributed by atoms with E-state index in [4.69, 9.17) is 5.11 Å². The summed E-state index contributed by atoms with van der Waals surface area (Å²) >= 11 is 0. The second kappa shape index (κ2) is 5.50. The van der Waals surface area contributed by atoms with Gasteiger partial charge in [0.2, 0.25) is 0 Å². The van der Waals surface area contributed by atoms with Crippen molar-refractivity contribution in [1.29, 1.82) is 0 Å². The van der Waals surface area contributed by atoms with Crippen molar-refractivity contribution < 1.29 is 9.90 Å². The summed E-state index contributed by atoms with van der Waals surface area (Å²) in [5.74, 6) is 0.0866. The third-order valence-electron chi connectivity index (χ3n) is 3.47. The summed E-state index contributed by atoms with van der Waals surface area (Å²) in [6.45, 7) is 5.30. The molecule has 0 spiro atoms. The monoisotopic (exact) mass is 213 g/mol. The summed E-state index contributed by atoms with van der Waals surface area (Å²) in [5, 5.41) is 12.4. The lowest BCUT2D eigenvalue weighted by atomic mass is 9.75. The maximum absolute atomic E-state index is 10.9. The van der Waals surface area contributed by atoms with Gasteiger partial charge in [-0.25, -0.2) is 0 Å². The Bertz CT molecular complexity index is 202. The van der Waals surface area contributed by atoms with Gasteiger partial charge >= 0.3 is 5.97 Å². The highest BCUT2D eigenvalue weighted by molar-refractivity contribution is 5.68. The molecule has 0 aromatic carbocycles. The summed E-state index contributed by atoms with van der Waals surface area (Å²) in [6, 6.07) is 0. The molecule has 15 heavy (non-hydrogen) atoms. The molecule has 1 aliphatic carbocycles. The van der Waals surface area contributed by atoms with Crippen LogP contribution in [0.3, 0.4) is 0 Å². The maximum Gasteiger partial charge on any atom is 0.305 e. The van der Waals surface area contributed by atoms with Crippen molar-refractivity contribution in [1.82, 2.24) is 5.32 Å². The Morgan fingerprint density at radius 3 is 2.53 bits per heavy atom. The Morgan fingerprint density at radius 1 is 1.47 bits per heavy atom. The molecule has 88 valence electrons. The zero-order valence-electron chi connectivity index (χ0n) is 9.88. The summed E-state index contributed by atoms with van der Waals surface area (Å²) in [5.41, 5.74) is -0.117. The van der Waals surface area contributed by atoms with Crippen LogP contribution in [-0.2, 0) is 4.79 Å². The highest BCUT2D eigenvalue weighted by Gasteiger charge is 2.35. The first kappa shape index (κ1) is 12.5. The summed E-state index contributed by atoms with van der Waals surface area (Å²) in [6.07, 6.45) is 5.69. The minimum Gasteiger partial charge on any atom is -0.481 e. The smallest absolute Gasteiger partial charge is 0.305 e. The zero-order chi connectivity index (χ0) is 11.3. The lowest BCUT2D eigenvalue weighted by Gasteiger charge is -2.39. The third-order valence-corrected chi connectivity index (χ3v) is 3.47. The van der Waals surface area contributed by atoms with Gasteiger partial charge in [-0.3, -0.25) is 4.79 Å². The number of nitrogens with one attached hydrogen (secondary N) is 1. The molecule has 0 amide bonds. The molecule has 2 N–H and O–H groups in total. The largest absolute Gasteiger partial charge is 0.481 e. The number of carboxylic acid groups (broad SMARTS) is 1. The molecule has 0 saturated heterocycles. The molecule has 0 aliphatic heterocycles. The van der Waals surface area contributed by atoms with Gasteiger partial charge in [0.25, 0.3) is 0 Å². The molecule has 0 radical (unpaired) electrons. The Kier molecular flexibility index (Phi) is 4.58. The highest BCUT2D eigenvalue weighted by Crippen LogP contribution is 2.34. The van der Waals surface area contributed by atoms with Gasteiger partial charge in [0.05, 0.1) is 6.42 Å². The Hall–Kier alpha value is -0.570. The molecule has 3 nitrogen and oxygen atoms in total. The predicted molar refractivity (Wildman–Crippen MR) is 60.9 cm³/mol. The average Bonchev–Trinajstić information content (AvgIpc) is 2.19. The summed E-state index contributed by atoms with van der Waals surface area (Å²) in [7, 11) is 0. The maximum atomic E-state index is 10.9. The predicted octanol–water partition coefficient (Wildman–Crippen LogP) is 2.41. The number of hydrogen-bond donors (Lipinski definition) is 2. The lowest BCUT2D eigenvalue weighted by molar-refractivity contribution is -0.139. The van der Waals surface area contributed by atoms with E-state index in [1.54, 1.807) is 0 Å². The molecule has 3 heteroatoms. The number of aliphatic carboxylic acids is 1. The van der Waals surface area contributed by atoms with Gasteiger partial charge in [0, 0.05) is 5.54 Å². The fourth-order valence-corrected chi connectivity index (χ4v) is 2.41. The van der Waals surface area contributed by atoms with Crippen LogP contribution in [0.25, 0.3) is 0 Å². The van der Waals surface area contributed by atoms with Crippen LogP contribution >= 0.6 is 0 Å². The first-order chi connectivity index (χ1) is 7.08. The van der Waals surface area contributed by atoms with Gasteiger partial charge in [-0.2, -0.15) is 0 Å². The minimum absolute atomic E-state index is 0.117. The van der Waals surface area contributed by atoms with Gasteiger partial charge in [0.1, 0.15) is 0 Å². The number of hydrogen-bond acceptors (Lipinski definition) is 2. The molecule has 0 atom stereocenters. The number of carboxylic acids is 1. The highest BCUT2D eigenvalue weighted by atomic mass is 16.4. The molecule has 0 heterocycles. The van der Waals surface area contributed by atoms with E-state index >= 15 is 0 Å². The van der Waals surface area contributed by atoms with Gasteiger partial charge in [-0.15, -0.1) is 0 Å². The van der Waals surface area contributed by atoms with Crippen LogP contribution in [0.2, 0.25) is 0 Å². The number of carbonyl (C=O) groups is 1. The first-order valence-corrected chi connectivity index (χ1v) is 6.05. The van der Waals surface area contributed by atoms with Crippen LogP contribution in [0, 0.1) is 5.92 Å². The van der Waals surface area contributed by atoms with E-state index in [1.165, 1.54) is 0 Å². The second-order valence-corrected chi connectivity index (χ2v) is 4.96. The quantitative estimate of drug-likeness (QED) is 0.737. The van der Waals surface area contributed by atoms with Crippen LogP contribution in [0.5, 0.6) is 0 Å². The second-order valence-electron chi connectivity index (χ2n) is 4.96. The van der Waals surface area contributed by atoms with E-state index < -0.39 is 5.97 Å². The third kappa shape index (κ3) is 3.82. The van der Waals surface area contributed by atoms with E-state index in [2.05, 4.69) is 19.2 Å². The molecule has 0 bridgehead atoms. The Morgan fingerprint density at radius 2 is 2.07 bits per heavy atom. The van der Waals surface area contributed by atoms with Crippen molar-refractivity contribution >= 4 is 5.97 Å². The van der Waals surface area contributed by atoms with Crippen molar-refractivity contribution in [3.05, 3.63) is 0 Å². The van der Waals surface area contributed by atoms with Gasteiger partial charge < -0.3 is 10.4 Å². The Balaban J connectivity index is 2.55. The van der Waals surface area contributed by atoms with E-state index in [9.17, 15) is 4.79 Å². The molecular formula is C12H23NO2. The fourth-order valence-electron chi connectivity index (χ4n) is 2.41. The molecule has 1 aliphatic rings. The molecule has 0 aromatic heterocycles. The normalized spacial score (nSPS) is 31.5. The van der Waals surface area contributed by atoms with E-state index in [0.29, 0.717) is 0 Å². The van der Waals surface area contributed by atoms with E-state index in [0.717, 1.165) is 44.6 Å². The van der Waals surface area contributed by atoms with Crippen LogP contribution in [0.4, 0.5) is 0 Å². The van der Waals surface area contributed by atoms with E-state index in [-0.39, 0.29) is 12.0 Å². The Labute approximate surface area is 92.3 Å². The number of rotatable bonds is 5. The van der Waals surface area contributed by atoms with Crippen LogP contribution < -0.4 is 5.32 Å². The van der Waals surface area contributed by atoms with Crippen molar-refractivity contribution in [3.8, 4) is 0 Å². The topological polar surface area (TPSA) is 49.3 Å². The van der Waals surface area contributed by atoms with Crippen molar-refractivity contribution in [2.24, 2.45) is 5.92 Å². The van der Waals surface area contributed by atoms with Gasteiger partial charge in [0.15, 0.2) is 0 Å². The van der Waals surface area contributed by atoms with Crippen LogP contribution in [0.1, 0.15) is 52.4 Å². The molecular weight excluding hydrogens is 190 g/mol. The lowest BCUT2D eigenvalue weighted by Crippen LogP contribution is -2.49. The zero-order valence-corrected chi connectivity index (χ0v) is 9.88.